The van der Waals surface area contributed by atoms with Gasteiger partial charge in [-0.1, -0.05) is 121 Å². The first-order valence-electron chi connectivity index (χ1n) is 18.7. The fraction of sp³-hybridized carbons (Fsp3) is 0. The molecule has 5 heteroatoms. The van der Waals surface area contributed by atoms with Crippen LogP contribution in [0.3, 0.4) is 0 Å². The minimum atomic E-state index is 0.668. The molecule has 0 amide bonds. The fourth-order valence-electron chi connectivity index (χ4n) is 7.87. The Morgan fingerprint density at radius 2 is 0.946 bits per heavy atom. The molecule has 4 heterocycles. The number of benzene rings is 7. The molecule has 262 valence electrons. The van der Waals surface area contributed by atoms with Crippen LogP contribution >= 0.6 is 0 Å². The Morgan fingerprint density at radius 3 is 1.75 bits per heavy atom. The smallest absolute Gasteiger partial charge is 0.160 e. The minimum absolute atomic E-state index is 0.668. The molecule has 0 aliphatic rings. The summed E-state index contributed by atoms with van der Waals surface area (Å²) >= 11 is 0. The molecule has 0 N–H and O–H groups in total. The molecule has 0 radical (unpaired) electrons. The summed E-state index contributed by atoms with van der Waals surface area (Å²) in [6.45, 7) is 0. The Balaban J connectivity index is 1.01. The van der Waals surface area contributed by atoms with E-state index < -0.39 is 0 Å². The van der Waals surface area contributed by atoms with E-state index in [9.17, 15) is 0 Å². The van der Waals surface area contributed by atoms with Crippen molar-refractivity contribution < 1.29 is 8.83 Å². The Bertz CT molecular complexity index is 3240. The van der Waals surface area contributed by atoms with E-state index in [2.05, 4.69) is 126 Å². The molecule has 0 spiro atoms. The molecule has 0 atom stereocenters. The second kappa shape index (κ2) is 13.0. The highest BCUT2D eigenvalue weighted by Crippen LogP contribution is 2.43. The van der Waals surface area contributed by atoms with Crippen molar-refractivity contribution in [1.82, 2.24) is 15.0 Å². The van der Waals surface area contributed by atoms with Gasteiger partial charge in [-0.3, -0.25) is 4.98 Å². The van der Waals surface area contributed by atoms with Crippen LogP contribution in [0.5, 0.6) is 0 Å². The molecular weight excluding hydrogens is 687 g/mol. The van der Waals surface area contributed by atoms with Gasteiger partial charge in [0, 0.05) is 56.2 Å². The van der Waals surface area contributed by atoms with Crippen molar-refractivity contribution in [2.24, 2.45) is 0 Å². The van der Waals surface area contributed by atoms with Gasteiger partial charge in [-0.25, -0.2) is 9.97 Å². The summed E-state index contributed by atoms with van der Waals surface area (Å²) in [4.78, 5) is 14.4. The summed E-state index contributed by atoms with van der Waals surface area (Å²) in [5, 5.41) is 4.39. The molecule has 0 bridgehead atoms. The molecule has 5 nitrogen and oxygen atoms in total. The first-order chi connectivity index (χ1) is 27.7. The van der Waals surface area contributed by atoms with Gasteiger partial charge >= 0.3 is 0 Å². The van der Waals surface area contributed by atoms with Crippen molar-refractivity contribution >= 4 is 43.9 Å². The molecule has 4 aromatic heterocycles. The minimum Gasteiger partial charge on any atom is -0.456 e. The third kappa shape index (κ3) is 5.45. The normalized spacial score (nSPS) is 11.6. The van der Waals surface area contributed by atoms with Crippen molar-refractivity contribution in [3.8, 4) is 67.3 Å². The summed E-state index contributed by atoms with van der Waals surface area (Å²) in [5.41, 5.74) is 14.6. The Hall–Kier alpha value is -7.63. The van der Waals surface area contributed by atoms with Crippen molar-refractivity contribution in [3.63, 3.8) is 0 Å². The van der Waals surface area contributed by atoms with Crippen LogP contribution in [0.4, 0.5) is 0 Å². The van der Waals surface area contributed by atoms with Crippen LogP contribution in [0.25, 0.3) is 111 Å². The molecule has 0 aliphatic heterocycles. The average molecular weight is 718 g/mol. The van der Waals surface area contributed by atoms with Crippen molar-refractivity contribution in [1.29, 1.82) is 0 Å². The monoisotopic (exact) mass is 717 g/mol. The summed E-state index contributed by atoms with van der Waals surface area (Å²) in [5.74, 6) is 0.668. The predicted molar refractivity (Wildman–Crippen MR) is 227 cm³/mol. The van der Waals surface area contributed by atoms with Crippen molar-refractivity contribution in [2.45, 2.75) is 0 Å². The number of hydrogen-bond acceptors (Lipinski definition) is 5. The van der Waals surface area contributed by atoms with Crippen LogP contribution in [0, 0.1) is 0 Å². The maximum atomic E-state index is 6.67. The van der Waals surface area contributed by atoms with Gasteiger partial charge in [0.15, 0.2) is 5.82 Å². The number of nitrogens with zero attached hydrogens (tertiary/aromatic N) is 3. The third-order valence-corrected chi connectivity index (χ3v) is 10.6. The second-order valence-electron chi connectivity index (χ2n) is 14.0. The number of pyridine rings is 1. The van der Waals surface area contributed by atoms with Crippen LogP contribution in [-0.2, 0) is 0 Å². The molecule has 0 aliphatic carbocycles. The van der Waals surface area contributed by atoms with E-state index in [-0.39, 0.29) is 0 Å². The lowest BCUT2D eigenvalue weighted by Gasteiger charge is -2.12. The van der Waals surface area contributed by atoms with Crippen LogP contribution < -0.4 is 0 Å². The highest BCUT2D eigenvalue weighted by Gasteiger charge is 2.19. The SMILES string of the molecule is c1ccc(-c2cc(-c3ccc(-c4ccc(-c5ccc6c(c5)oc5ccccc56)c5c4oc4ccccc45)cc3)nc(-c3cccc(-c4ccncc4)c3)n2)cc1. The lowest BCUT2D eigenvalue weighted by Crippen LogP contribution is -1.96. The van der Waals surface area contributed by atoms with Gasteiger partial charge in [-0.2, -0.15) is 0 Å². The summed E-state index contributed by atoms with van der Waals surface area (Å²) < 4.78 is 13.0. The lowest BCUT2D eigenvalue weighted by molar-refractivity contribution is 0.668. The first kappa shape index (κ1) is 31.9. The number of fused-ring (bicyclic) bond motifs is 6. The quantitative estimate of drug-likeness (QED) is 0.171. The number of rotatable bonds is 6. The zero-order chi connectivity index (χ0) is 37.0. The first-order valence-corrected chi connectivity index (χ1v) is 18.7. The van der Waals surface area contributed by atoms with E-state index in [0.717, 1.165) is 105 Å². The van der Waals surface area contributed by atoms with Gasteiger partial charge in [-0.05, 0) is 82.4 Å². The lowest BCUT2D eigenvalue weighted by atomic mass is 9.93. The maximum absolute atomic E-state index is 6.67. The van der Waals surface area contributed by atoms with E-state index >= 15 is 0 Å². The zero-order valence-electron chi connectivity index (χ0n) is 30.1. The van der Waals surface area contributed by atoms with Crippen LogP contribution in [0.1, 0.15) is 0 Å². The Labute approximate surface area is 322 Å². The van der Waals surface area contributed by atoms with Crippen LogP contribution in [0.15, 0.2) is 197 Å². The van der Waals surface area contributed by atoms with E-state index in [1.165, 1.54) is 0 Å². The summed E-state index contributed by atoms with van der Waals surface area (Å²) in [7, 11) is 0. The fourth-order valence-corrected chi connectivity index (χ4v) is 7.87. The van der Waals surface area contributed by atoms with Crippen LogP contribution in [-0.4, -0.2) is 15.0 Å². The summed E-state index contributed by atoms with van der Waals surface area (Å²) in [6.07, 6.45) is 3.62. The molecule has 0 unspecified atom stereocenters. The molecule has 0 saturated carbocycles. The topological polar surface area (TPSA) is 65.0 Å². The predicted octanol–water partition coefficient (Wildman–Crippen LogP) is 13.7. The maximum Gasteiger partial charge on any atom is 0.160 e. The molecule has 0 saturated heterocycles. The van der Waals surface area contributed by atoms with Gasteiger partial charge in [0.1, 0.15) is 22.3 Å². The molecule has 0 fully saturated rings. The zero-order valence-corrected chi connectivity index (χ0v) is 30.1. The number of aromatic nitrogens is 3. The van der Waals surface area contributed by atoms with Crippen LogP contribution in [0.2, 0.25) is 0 Å². The third-order valence-electron chi connectivity index (χ3n) is 10.6. The van der Waals surface area contributed by atoms with Crippen molar-refractivity contribution in [3.05, 3.63) is 188 Å². The van der Waals surface area contributed by atoms with Gasteiger partial charge in [0.2, 0.25) is 0 Å². The Kier molecular flexibility index (Phi) is 7.42. The summed E-state index contributed by atoms with van der Waals surface area (Å²) in [6, 6.07) is 60.7. The van der Waals surface area contributed by atoms with Crippen molar-refractivity contribution in [2.75, 3.05) is 0 Å². The largest absolute Gasteiger partial charge is 0.456 e. The Morgan fingerprint density at radius 1 is 0.339 bits per heavy atom. The number of hydrogen-bond donors (Lipinski definition) is 0. The molecular formula is C51H31N3O2. The van der Waals surface area contributed by atoms with E-state index in [1.807, 2.05) is 67.0 Å². The number of para-hydroxylation sites is 2. The number of furan rings is 2. The van der Waals surface area contributed by atoms with Gasteiger partial charge in [-0.15, -0.1) is 0 Å². The van der Waals surface area contributed by atoms with E-state index in [1.54, 1.807) is 0 Å². The standard InChI is InChI=1S/C51H31N3O2/c1-2-9-34(10-3-1)44-31-45(54-51(53-44)38-12-8-11-36(29-38)32-25-27-52-28-26-32)35-19-17-33(18-20-35)40-24-23-39(49-43-14-5-7-16-47(43)56-50(40)49)37-21-22-42-41-13-4-6-15-46(41)55-48(42)30-37/h1-31H. The van der Waals surface area contributed by atoms with E-state index in [0.29, 0.717) is 5.82 Å². The molecule has 11 aromatic rings. The highest BCUT2D eigenvalue weighted by molar-refractivity contribution is 6.17. The van der Waals surface area contributed by atoms with Gasteiger partial charge in [0.05, 0.1) is 11.4 Å². The van der Waals surface area contributed by atoms with E-state index in [4.69, 9.17) is 18.8 Å². The molecule has 7 aromatic carbocycles. The second-order valence-corrected chi connectivity index (χ2v) is 14.0. The van der Waals surface area contributed by atoms with Gasteiger partial charge < -0.3 is 8.83 Å². The molecule has 56 heavy (non-hydrogen) atoms. The van der Waals surface area contributed by atoms with Gasteiger partial charge in [0.25, 0.3) is 0 Å². The molecule has 11 rings (SSSR count). The highest BCUT2D eigenvalue weighted by atomic mass is 16.3. The average Bonchev–Trinajstić information content (AvgIpc) is 3.85.